The number of esters is 1. The third kappa shape index (κ3) is 4.24. The molecule has 0 bridgehead atoms. The summed E-state index contributed by atoms with van der Waals surface area (Å²) < 4.78 is 10.2. The Labute approximate surface area is 124 Å². The SMILES string of the molecule is CCOC(=O)c1ccc(CNC(=O)N[C@H]2CCC[C@H]2C)o1. The number of urea groups is 1. The van der Waals surface area contributed by atoms with Crippen molar-refractivity contribution < 1.29 is 18.7 Å². The quantitative estimate of drug-likeness (QED) is 0.817. The van der Waals surface area contributed by atoms with Gasteiger partial charge < -0.3 is 19.8 Å². The van der Waals surface area contributed by atoms with Gasteiger partial charge in [-0.1, -0.05) is 13.3 Å². The molecule has 21 heavy (non-hydrogen) atoms. The Morgan fingerprint density at radius 2 is 2.19 bits per heavy atom. The molecule has 0 aromatic carbocycles. The second-order valence-electron chi connectivity index (χ2n) is 5.33. The molecule has 0 unspecified atom stereocenters. The Morgan fingerprint density at radius 3 is 2.86 bits per heavy atom. The van der Waals surface area contributed by atoms with Crippen LogP contribution >= 0.6 is 0 Å². The van der Waals surface area contributed by atoms with Gasteiger partial charge in [-0.2, -0.15) is 0 Å². The molecule has 0 aliphatic heterocycles. The first-order valence-corrected chi connectivity index (χ1v) is 7.40. The van der Waals surface area contributed by atoms with Crippen molar-refractivity contribution in [1.29, 1.82) is 0 Å². The first-order chi connectivity index (χ1) is 10.1. The van der Waals surface area contributed by atoms with Crippen LogP contribution in [0.1, 0.15) is 49.4 Å². The van der Waals surface area contributed by atoms with Crippen LogP contribution < -0.4 is 10.6 Å². The summed E-state index contributed by atoms with van der Waals surface area (Å²) in [5.41, 5.74) is 0. The van der Waals surface area contributed by atoms with E-state index in [0.717, 1.165) is 19.3 Å². The maximum absolute atomic E-state index is 11.8. The molecule has 2 amide bonds. The van der Waals surface area contributed by atoms with Crippen LogP contribution in [-0.4, -0.2) is 24.6 Å². The number of hydrogen-bond donors (Lipinski definition) is 2. The summed E-state index contributed by atoms with van der Waals surface area (Å²) in [6.45, 7) is 4.43. The molecule has 0 saturated heterocycles. The van der Waals surface area contributed by atoms with Gasteiger partial charge in [-0.3, -0.25) is 0 Å². The summed E-state index contributed by atoms with van der Waals surface area (Å²) in [5, 5.41) is 5.70. The molecule has 116 valence electrons. The fraction of sp³-hybridized carbons (Fsp3) is 0.600. The Kier molecular flexibility index (Phi) is 5.25. The van der Waals surface area contributed by atoms with Gasteiger partial charge >= 0.3 is 12.0 Å². The molecule has 0 spiro atoms. The van der Waals surface area contributed by atoms with Crippen molar-refractivity contribution in [2.24, 2.45) is 5.92 Å². The van der Waals surface area contributed by atoms with Crippen molar-refractivity contribution in [2.75, 3.05) is 6.61 Å². The van der Waals surface area contributed by atoms with Crippen LogP contribution in [0, 0.1) is 5.92 Å². The topological polar surface area (TPSA) is 80.6 Å². The van der Waals surface area contributed by atoms with E-state index in [1.54, 1.807) is 19.1 Å². The molecular weight excluding hydrogens is 272 g/mol. The van der Waals surface area contributed by atoms with Gasteiger partial charge in [0.1, 0.15) is 5.76 Å². The summed E-state index contributed by atoms with van der Waals surface area (Å²) in [6, 6.07) is 3.25. The van der Waals surface area contributed by atoms with Crippen molar-refractivity contribution in [3.63, 3.8) is 0 Å². The van der Waals surface area contributed by atoms with E-state index in [0.29, 0.717) is 18.3 Å². The molecule has 1 saturated carbocycles. The molecule has 1 fully saturated rings. The largest absolute Gasteiger partial charge is 0.460 e. The Balaban J connectivity index is 1.77. The van der Waals surface area contributed by atoms with Crippen LogP contribution in [0.3, 0.4) is 0 Å². The number of furan rings is 1. The first-order valence-electron chi connectivity index (χ1n) is 7.40. The van der Waals surface area contributed by atoms with Gasteiger partial charge in [0.15, 0.2) is 0 Å². The molecule has 1 aromatic heterocycles. The van der Waals surface area contributed by atoms with E-state index in [2.05, 4.69) is 17.6 Å². The van der Waals surface area contributed by atoms with Gasteiger partial charge in [0.25, 0.3) is 0 Å². The molecule has 1 aliphatic carbocycles. The van der Waals surface area contributed by atoms with E-state index < -0.39 is 5.97 Å². The molecule has 1 aromatic rings. The lowest BCUT2D eigenvalue weighted by molar-refractivity contribution is 0.0488. The van der Waals surface area contributed by atoms with Crippen LogP contribution in [-0.2, 0) is 11.3 Å². The van der Waals surface area contributed by atoms with E-state index >= 15 is 0 Å². The lowest BCUT2D eigenvalue weighted by Gasteiger charge is -2.17. The summed E-state index contributed by atoms with van der Waals surface area (Å²) >= 11 is 0. The third-order valence-electron chi connectivity index (χ3n) is 3.74. The number of ether oxygens (including phenoxy) is 1. The Bertz CT molecular complexity index is 498. The van der Waals surface area contributed by atoms with Crippen LogP contribution in [0.15, 0.2) is 16.5 Å². The minimum absolute atomic E-state index is 0.151. The summed E-state index contributed by atoms with van der Waals surface area (Å²) in [4.78, 5) is 23.3. The van der Waals surface area contributed by atoms with Crippen molar-refractivity contribution in [3.8, 4) is 0 Å². The van der Waals surface area contributed by atoms with Crippen molar-refractivity contribution in [1.82, 2.24) is 10.6 Å². The van der Waals surface area contributed by atoms with Gasteiger partial charge in [-0.25, -0.2) is 9.59 Å². The maximum Gasteiger partial charge on any atom is 0.374 e. The lowest BCUT2D eigenvalue weighted by Crippen LogP contribution is -2.42. The van der Waals surface area contributed by atoms with Crippen LogP contribution in [0.25, 0.3) is 0 Å². The molecule has 0 radical (unpaired) electrons. The zero-order chi connectivity index (χ0) is 15.2. The molecule has 6 nitrogen and oxygen atoms in total. The van der Waals surface area contributed by atoms with Crippen LogP contribution in [0.5, 0.6) is 0 Å². The Morgan fingerprint density at radius 1 is 1.38 bits per heavy atom. The van der Waals surface area contributed by atoms with E-state index in [9.17, 15) is 9.59 Å². The van der Waals surface area contributed by atoms with Crippen molar-refractivity contribution >= 4 is 12.0 Å². The normalized spacial score (nSPS) is 21.0. The number of nitrogens with one attached hydrogen (secondary N) is 2. The van der Waals surface area contributed by atoms with Gasteiger partial charge in [-0.15, -0.1) is 0 Å². The van der Waals surface area contributed by atoms with Gasteiger partial charge in [0.05, 0.1) is 13.2 Å². The number of carbonyl (C=O) groups is 2. The average Bonchev–Trinajstić information content (AvgIpc) is 3.07. The molecule has 1 heterocycles. The number of amides is 2. The highest BCUT2D eigenvalue weighted by atomic mass is 16.5. The summed E-state index contributed by atoms with van der Waals surface area (Å²) in [6.07, 6.45) is 3.35. The average molecular weight is 294 g/mol. The van der Waals surface area contributed by atoms with E-state index in [1.165, 1.54) is 0 Å². The zero-order valence-electron chi connectivity index (χ0n) is 12.5. The monoisotopic (exact) mass is 294 g/mol. The van der Waals surface area contributed by atoms with E-state index in [-0.39, 0.29) is 24.4 Å². The second kappa shape index (κ2) is 7.15. The van der Waals surface area contributed by atoms with Gasteiger partial charge in [0, 0.05) is 6.04 Å². The highest BCUT2D eigenvalue weighted by Crippen LogP contribution is 2.24. The highest BCUT2D eigenvalue weighted by Gasteiger charge is 2.24. The summed E-state index contributed by atoms with van der Waals surface area (Å²) in [5.74, 6) is 0.703. The number of carbonyl (C=O) groups excluding carboxylic acids is 2. The second-order valence-corrected chi connectivity index (χ2v) is 5.33. The maximum atomic E-state index is 11.8. The fourth-order valence-corrected chi connectivity index (χ4v) is 2.53. The highest BCUT2D eigenvalue weighted by molar-refractivity contribution is 5.86. The molecular formula is C15H22N2O4. The molecule has 2 N–H and O–H groups in total. The minimum Gasteiger partial charge on any atom is -0.460 e. The van der Waals surface area contributed by atoms with Crippen LogP contribution in [0.2, 0.25) is 0 Å². The molecule has 1 aliphatic rings. The molecule has 2 rings (SSSR count). The van der Waals surface area contributed by atoms with Crippen LogP contribution in [0.4, 0.5) is 4.79 Å². The predicted octanol–water partition coefficient (Wildman–Crippen LogP) is 2.44. The zero-order valence-corrected chi connectivity index (χ0v) is 12.5. The van der Waals surface area contributed by atoms with E-state index in [4.69, 9.17) is 9.15 Å². The number of rotatable bonds is 5. The Hall–Kier alpha value is -1.98. The predicted molar refractivity (Wildman–Crippen MR) is 76.8 cm³/mol. The minimum atomic E-state index is -0.493. The lowest BCUT2D eigenvalue weighted by atomic mass is 10.1. The summed E-state index contributed by atoms with van der Waals surface area (Å²) in [7, 11) is 0. The molecule has 6 heteroatoms. The standard InChI is InChI=1S/C15H22N2O4/c1-3-20-14(18)13-8-7-11(21-13)9-16-15(19)17-12-6-4-5-10(12)2/h7-8,10,12H,3-6,9H2,1-2H3,(H2,16,17,19)/t10-,12+/m1/s1. The van der Waals surface area contributed by atoms with Gasteiger partial charge in [0.2, 0.25) is 5.76 Å². The smallest absolute Gasteiger partial charge is 0.374 e. The van der Waals surface area contributed by atoms with Crippen molar-refractivity contribution in [3.05, 3.63) is 23.7 Å². The third-order valence-corrected chi connectivity index (χ3v) is 3.74. The fourth-order valence-electron chi connectivity index (χ4n) is 2.53. The van der Waals surface area contributed by atoms with Crippen molar-refractivity contribution in [2.45, 2.75) is 45.7 Å². The molecule has 2 atom stereocenters. The van der Waals surface area contributed by atoms with E-state index in [1.807, 2.05) is 0 Å². The number of hydrogen-bond acceptors (Lipinski definition) is 4. The first kappa shape index (κ1) is 15.4. The van der Waals surface area contributed by atoms with Gasteiger partial charge in [-0.05, 0) is 37.8 Å².